The molecule has 5 nitrogen and oxygen atoms in total. The summed E-state index contributed by atoms with van der Waals surface area (Å²) in [4.78, 5) is 24.1. The second kappa shape index (κ2) is 8.30. The maximum atomic E-state index is 12.1. The number of amides is 1. The summed E-state index contributed by atoms with van der Waals surface area (Å²) in [7, 11) is 1.51. The molecule has 0 radical (unpaired) electrons. The van der Waals surface area contributed by atoms with Crippen LogP contribution in [-0.4, -0.2) is 25.6 Å². The van der Waals surface area contributed by atoms with Crippen molar-refractivity contribution in [1.29, 1.82) is 0 Å². The Balaban J connectivity index is 1.97. The van der Waals surface area contributed by atoms with Crippen LogP contribution in [0.2, 0.25) is 0 Å². The van der Waals surface area contributed by atoms with E-state index in [1.165, 1.54) is 7.11 Å². The highest BCUT2D eigenvalue weighted by Gasteiger charge is 2.15. The third-order valence-corrected chi connectivity index (χ3v) is 4.47. The largest absolute Gasteiger partial charge is 0.497 e. The number of benzene rings is 2. The lowest BCUT2D eigenvalue weighted by atomic mass is 10.2. The molecule has 2 aromatic rings. The molecule has 24 heavy (non-hydrogen) atoms. The first-order chi connectivity index (χ1) is 11.4. The van der Waals surface area contributed by atoms with Crippen molar-refractivity contribution in [1.82, 2.24) is 0 Å². The first-order valence-corrected chi connectivity index (χ1v) is 8.56. The molecule has 0 aliphatic rings. The van der Waals surface area contributed by atoms with E-state index in [1.807, 2.05) is 19.1 Å². The number of methoxy groups -OCH3 is 1. The molecule has 0 aliphatic carbocycles. The topological polar surface area (TPSA) is 64.6 Å². The molecule has 0 atom stereocenters. The zero-order chi connectivity index (χ0) is 17.7. The molecule has 0 saturated carbocycles. The van der Waals surface area contributed by atoms with Gasteiger partial charge in [-0.2, -0.15) is 0 Å². The van der Waals surface area contributed by atoms with E-state index >= 15 is 0 Å². The summed E-state index contributed by atoms with van der Waals surface area (Å²) in [5, 5.41) is 2.68. The predicted octanol–water partition coefficient (Wildman–Crippen LogP) is 4.32. The number of rotatable bonds is 5. The SMILES string of the molecule is COc1ccc(Br)c(C(=O)OCC(=O)Nc2ccc(C)cc2Br)c1. The smallest absolute Gasteiger partial charge is 0.339 e. The molecule has 7 heteroatoms. The van der Waals surface area contributed by atoms with Gasteiger partial charge in [0.25, 0.3) is 5.91 Å². The molecular weight excluding hydrogens is 442 g/mol. The molecule has 2 rings (SSSR count). The van der Waals surface area contributed by atoms with E-state index in [0.29, 0.717) is 21.5 Å². The van der Waals surface area contributed by atoms with Gasteiger partial charge in [-0.3, -0.25) is 4.79 Å². The molecule has 0 fully saturated rings. The lowest BCUT2D eigenvalue weighted by Crippen LogP contribution is -2.21. The Morgan fingerprint density at radius 2 is 1.83 bits per heavy atom. The molecular formula is C17H15Br2NO4. The molecule has 0 saturated heterocycles. The molecule has 0 aliphatic heterocycles. The lowest BCUT2D eigenvalue weighted by Gasteiger charge is -2.10. The summed E-state index contributed by atoms with van der Waals surface area (Å²) in [6, 6.07) is 10.5. The zero-order valence-electron chi connectivity index (χ0n) is 13.1. The van der Waals surface area contributed by atoms with Crippen LogP contribution in [0, 0.1) is 6.92 Å². The van der Waals surface area contributed by atoms with Gasteiger partial charge < -0.3 is 14.8 Å². The highest BCUT2D eigenvalue weighted by molar-refractivity contribution is 9.11. The Morgan fingerprint density at radius 1 is 1.08 bits per heavy atom. The Hall–Kier alpha value is -1.86. The Labute approximate surface area is 156 Å². The third-order valence-electron chi connectivity index (χ3n) is 3.13. The number of hydrogen-bond donors (Lipinski definition) is 1. The second-order valence-electron chi connectivity index (χ2n) is 4.95. The Morgan fingerprint density at radius 3 is 2.50 bits per heavy atom. The minimum Gasteiger partial charge on any atom is -0.497 e. The molecule has 1 N–H and O–H groups in total. The van der Waals surface area contributed by atoms with Gasteiger partial charge in [-0.15, -0.1) is 0 Å². The molecule has 0 spiro atoms. The van der Waals surface area contributed by atoms with E-state index in [2.05, 4.69) is 37.2 Å². The molecule has 2 aromatic carbocycles. The van der Waals surface area contributed by atoms with Crippen molar-refractivity contribution in [2.45, 2.75) is 6.92 Å². The van der Waals surface area contributed by atoms with Crippen LogP contribution in [0.15, 0.2) is 45.3 Å². The first kappa shape index (κ1) is 18.5. The number of aryl methyl sites for hydroxylation is 1. The number of esters is 1. The molecule has 0 aromatic heterocycles. The molecule has 126 valence electrons. The zero-order valence-corrected chi connectivity index (χ0v) is 16.2. The van der Waals surface area contributed by atoms with E-state index < -0.39 is 11.9 Å². The van der Waals surface area contributed by atoms with Gasteiger partial charge in [0.15, 0.2) is 6.61 Å². The van der Waals surface area contributed by atoms with Gasteiger partial charge in [-0.1, -0.05) is 6.07 Å². The third kappa shape index (κ3) is 4.82. The van der Waals surface area contributed by atoms with Gasteiger partial charge in [0.05, 0.1) is 18.4 Å². The monoisotopic (exact) mass is 455 g/mol. The summed E-state index contributed by atoms with van der Waals surface area (Å²) in [6.45, 7) is 1.56. The number of carbonyl (C=O) groups excluding carboxylic acids is 2. The van der Waals surface area contributed by atoms with E-state index in [9.17, 15) is 9.59 Å². The standard InChI is InChI=1S/C17H15Br2NO4/c1-10-3-6-15(14(19)7-10)20-16(21)9-24-17(22)12-8-11(23-2)4-5-13(12)18/h3-8H,9H2,1-2H3,(H,20,21). The van der Waals surface area contributed by atoms with E-state index in [0.717, 1.165) is 10.0 Å². The fraction of sp³-hybridized carbons (Fsp3) is 0.176. The quantitative estimate of drug-likeness (QED) is 0.680. The van der Waals surface area contributed by atoms with Crippen molar-refractivity contribution in [3.05, 3.63) is 56.5 Å². The normalized spacial score (nSPS) is 10.2. The number of ether oxygens (including phenoxy) is 2. The molecule has 0 bridgehead atoms. The van der Waals surface area contributed by atoms with Crippen molar-refractivity contribution >= 4 is 49.4 Å². The average Bonchev–Trinajstić information content (AvgIpc) is 2.55. The van der Waals surface area contributed by atoms with Crippen molar-refractivity contribution < 1.29 is 19.1 Å². The van der Waals surface area contributed by atoms with E-state index in [4.69, 9.17) is 9.47 Å². The summed E-state index contributed by atoms with van der Waals surface area (Å²) in [6.07, 6.45) is 0. The first-order valence-electron chi connectivity index (χ1n) is 6.97. The Kier molecular flexibility index (Phi) is 6.39. The van der Waals surface area contributed by atoms with Gasteiger partial charge in [0.1, 0.15) is 5.75 Å². The summed E-state index contributed by atoms with van der Waals surface area (Å²) in [5.41, 5.74) is 1.97. The second-order valence-corrected chi connectivity index (χ2v) is 6.66. The van der Waals surface area contributed by atoms with Crippen molar-refractivity contribution in [2.75, 3.05) is 19.0 Å². The Bertz CT molecular complexity index is 777. The number of nitrogens with one attached hydrogen (secondary N) is 1. The average molecular weight is 457 g/mol. The maximum Gasteiger partial charge on any atom is 0.339 e. The van der Waals surface area contributed by atoms with Crippen molar-refractivity contribution in [3.8, 4) is 5.75 Å². The fourth-order valence-electron chi connectivity index (χ4n) is 1.90. The summed E-state index contributed by atoms with van der Waals surface area (Å²) in [5.74, 6) is -0.510. The number of carbonyl (C=O) groups is 2. The maximum absolute atomic E-state index is 12.1. The van der Waals surface area contributed by atoms with Crippen LogP contribution in [0.25, 0.3) is 0 Å². The van der Waals surface area contributed by atoms with Crippen LogP contribution in [0.5, 0.6) is 5.75 Å². The van der Waals surface area contributed by atoms with E-state index in [1.54, 1.807) is 24.3 Å². The highest BCUT2D eigenvalue weighted by Crippen LogP contribution is 2.24. The minimum absolute atomic E-state index is 0.290. The van der Waals surface area contributed by atoms with Crippen LogP contribution in [0.4, 0.5) is 5.69 Å². The van der Waals surface area contributed by atoms with Crippen LogP contribution >= 0.6 is 31.9 Å². The van der Waals surface area contributed by atoms with Crippen LogP contribution in [0.1, 0.15) is 15.9 Å². The van der Waals surface area contributed by atoms with Crippen molar-refractivity contribution in [3.63, 3.8) is 0 Å². The van der Waals surface area contributed by atoms with Gasteiger partial charge >= 0.3 is 5.97 Å². The molecule has 1 amide bonds. The van der Waals surface area contributed by atoms with Crippen molar-refractivity contribution in [2.24, 2.45) is 0 Å². The molecule has 0 unspecified atom stereocenters. The fourth-order valence-corrected chi connectivity index (χ4v) is 2.91. The number of halogens is 2. The predicted molar refractivity (Wildman–Crippen MR) is 98.5 cm³/mol. The molecule has 0 heterocycles. The van der Waals surface area contributed by atoms with E-state index in [-0.39, 0.29) is 6.61 Å². The van der Waals surface area contributed by atoms with Gasteiger partial charge in [-0.05, 0) is 74.7 Å². The summed E-state index contributed by atoms with van der Waals surface area (Å²) >= 11 is 6.65. The van der Waals surface area contributed by atoms with Crippen LogP contribution in [-0.2, 0) is 9.53 Å². The number of anilines is 1. The van der Waals surface area contributed by atoms with Gasteiger partial charge in [-0.25, -0.2) is 4.79 Å². The lowest BCUT2D eigenvalue weighted by molar-refractivity contribution is -0.119. The number of hydrogen-bond acceptors (Lipinski definition) is 4. The van der Waals surface area contributed by atoms with Crippen LogP contribution < -0.4 is 10.1 Å². The summed E-state index contributed by atoms with van der Waals surface area (Å²) < 4.78 is 11.5. The van der Waals surface area contributed by atoms with Gasteiger partial charge in [0.2, 0.25) is 0 Å². The minimum atomic E-state index is -0.612. The van der Waals surface area contributed by atoms with Crippen LogP contribution in [0.3, 0.4) is 0 Å². The van der Waals surface area contributed by atoms with Gasteiger partial charge in [0, 0.05) is 8.95 Å². The highest BCUT2D eigenvalue weighted by atomic mass is 79.9.